The average molecular weight is 893 g/mol. The Morgan fingerprint density at radius 3 is 1.72 bits per heavy atom. The zero-order valence-corrected chi connectivity index (χ0v) is 37.8. The number of para-hydroxylation sites is 2. The van der Waals surface area contributed by atoms with Gasteiger partial charge in [-0.15, -0.1) is 11.3 Å². The number of hydrogen-bond donors (Lipinski definition) is 0. The molecule has 16 rings (SSSR count). The molecule has 0 amide bonds. The Hall–Kier alpha value is -8.77. The van der Waals surface area contributed by atoms with Gasteiger partial charge in [0.1, 0.15) is 0 Å². The molecule has 4 heterocycles. The highest BCUT2D eigenvalue weighted by Crippen LogP contribution is 2.64. The minimum absolute atomic E-state index is 0.535. The summed E-state index contributed by atoms with van der Waals surface area (Å²) in [4.78, 5) is 16.7. The number of nitrogens with zero attached hydrogens (tertiary/aromatic N) is 4. The fraction of sp³-hybridized carbons (Fsp3) is 0.0156. The van der Waals surface area contributed by atoms with Crippen molar-refractivity contribution < 1.29 is 0 Å². The van der Waals surface area contributed by atoms with Crippen molar-refractivity contribution in [3.63, 3.8) is 0 Å². The smallest absolute Gasteiger partial charge is 0.166 e. The Kier molecular flexibility index (Phi) is 7.39. The second-order valence-electron chi connectivity index (χ2n) is 18.6. The lowest BCUT2D eigenvalue weighted by atomic mass is 9.70. The van der Waals surface area contributed by atoms with E-state index in [1.165, 1.54) is 86.5 Å². The topological polar surface area (TPSA) is 43.6 Å². The zero-order valence-electron chi connectivity index (χ0n) is 37.0. The van der Waals surface area contributed by atoms with Crippen molar-refractivity contribution in [1.82, 2.24) is 19.5 Å². The summed E-state index contributed by atoms with van der Waals surface area (Å²) in [6, 6.07) is 80.3. The maximum Gasteiger partial charge on any atom is 0.166 e. The molecule has 2 aliphatic carbocycles. The SMILES string of the molecule is c1cc2cc(c1)-c1ccccc1-c1ccc3c(c1)-c1c(cccc1C31c3ccccc3-c3ccccc31)-c1nc-2nc(-c2ccccc2-n2c3ccccc3c3ccc4c5ccccc5sc4c32)n1. The van der Waals surface area contributed by atoms with Crippen LogP contribution in [0.15, 0.2) is 218 Å². The van der Waals surface area contributed by atoms with Gasteiger partial charge in [-0.25, -0.2) is 15.0 Å². The lowest BCUT2D eigenvalue weighted by Crippen LogP contribution is -2.25. The summed E-state index contributed by atoms with van der Waals surface area (Å²) in [5.41, 5.74) is 20.3. The Balaban J connectivity index is 1.02. The van der Waals surface area contributed by atoms with Crippen molar-refractivity contribution in [2.24, 2.45) is 0 Å². The van der Waals surface area contributed by atoms with Crippen LogP contribution in [0.4, 0.5) is 0 Å². The number of aromatic nitrogens is 4. The molecule has 0 unspecified atom stereocenters. The molecular formula is C64H36N4S. The number of rotatable bonds is 2. The molecule has 6 bridgehead atoms. The molecule has 10 aromatic carbocycles. The van der Waals surface area contributed by atoms with Crippen LogP contribution < -0.4 is 0 Å². The van der Waals surface area contributed by atoms with Gasteiger partial charge in [0.2, 0.25) is 0 Å². The Bertz CT molecular complexity index is 4350. The standard InChI is InChI=1S/C64H36N4S/c1-2-18-41-38-31-34-53-50(36-38)58-49(24-14-27-54(58)64(53)51-25-8-3-19-42(51)43-20-4-9-26-52(43)64)63-66-61(39-16-13-15-37(35-39)40(41)17-1)65-62(67-63)48-23-6-11-29-56(48)68-55-28-10-5-21-44(55)46-32-33-47-45-22-7-12-30-57(45)69-60(47)59(46)68/h1-36H. The molecule has 0 N–H and O–H groups in total. The molecule has 0 fully saturated rings. The third kappa shape index (κ3) is 4.89. The first-order valence-electron chi connectivity index (χ1n) is 23.6. The monoisotopic (exact) mass is 892 g/mol. The number of hydrogen-bond acceptors (Lipinski definition) is 4. The van der Waals surface area contributed by atoms with Gasteiger partial charge in [0.15, 0.2) is 17.5 Å². The highest BCUT2D eigenvalue weighted by atomic mass is 32.1. The summed E-state index contributed by atoms with van der Waals surface area (Å²) in [5.74, 6) is 1.90. The quantitative estimate of drug-likeness (QED) is 0.174. The number of thiophene rings is 1. The third-order valence-corrected chi connectivity index (χ3v) is 16.4. The van der Waals surface area contributed by atoms with Gasteiger partial charge >= 0.3 is 0 Å². The summed E-state index contributed by atoms with van der Waals surface area (Å²) in [6.45, 7) is 0. The fourth-order valence-electron chi connectivity index (χ4n) is 12.4. The largest absolute Gasteiger partial charge is 0.307 e. The van der Waals surface area contributed by atoms with E-state index in [0.717, 1.165) is 44.6 Å². The van der Waals surface area contributed by atoms with E-state index < -0.39 is 5.41 Å². The molecule has 0 saturated heterocycles. The van der Waals surface area contributed by atoms with E-state index in [2.05, 4.69) is 223 Å². The molecule has 1 spiro atoms. The van der Waals surface area contributed by atoms with Gasteiger partial charge in [-0.2, -0.15) is 0 Å². The molecule has 4 nitrogen and oxygen atoms in total. The lowest BCUT2D eigenvalue weighted by Gasteiger charge is -2.30. The van der Waals surface area contributed by atoms with E-state index in [9.17, 15) is 0 Å². The molecule has 5 heteroatoms. The van der Waals surface area contributed by atoms with Gasteiger partial charge in [0.05, 0.1) is 26.8 Å². The predicted octanol–water partition coefficient (Wildman–Crippen LogP) is 16.3. The summed E-state index contributed by atoms with van der Waals surface area (Å²) in [7, 11) is 0. The molecule has 1 aliphatic heterocycles. The first-order chi connectivity index (χ1) is 34.2. The summed E-state index contributed by atoms with van der Waals surface area (Å²) < 4.78 is 5.00. The lowest BCUT2D eigenvalue weighted by molar-refractivity contribution is 0.794. The van der Waals surface area contributed by atoms with Crippen molar-refractivity contribution in [3.8, 4) is 84.4 Å². The van der Waals surface area contributed by atoms with E-state index in [1.54, 1.807) is 0 Å². The van der Waals surface area contributed by atoms with Gasteiger partial charge in [0.25, 0.3) is 0 Å². The maximum atomic E-state index is 5.65. The van der Waals surface area contributed by atoms with Gasteiger partial charge in [0, 0.05) is 42.9 Å². The van der Waals surface area contributed by atoms with E-state index in [1.807, 2.05) is 11.3 Å². The van der Waals surface area contributed by atoms with Crippen molar-refractivity contribution in [2.75, 3.05) is 0 Å². The number of benzene rings is 10. The second-order valence-corrected chi connectivity index (χ2v) is 19.6. The first kappa shape index (κ1) is 37.3. The van der Waals surface area contributed by atoms with Crippen molar-refractivity contribution in [1.29, 1.82) is 0 Å². The summed E-state index contributed by atoms with van der Waals surface area (Å²) in [6.07, 6.45) is 0. The van der Waals surface area contributed by atoms with Crippen LogP contribution in [0.3, 0.4) is 0 Å². The molecule has 318 valence electrons. The highest BCUT2D eigenvalue weighted by molar-refractivity contribution is 7.26. The minimum Gasteiger partial charge on any atom is -0.307 e. The minimum atomic E-state index is -0.535. The van der Waals surface area contributed by atoms with Crippen LogP contribution in [0.2, 0.25) is 0 Å². The molecule has 69 heavy (non-hydrogen) atoms. The Labute approximate surface area is 401 Å². The Morgan fingerprint density at radius 1 is 0.348 bits per heavy atom. The van der Waals surface area contributed by atoms with E-state index >= 15 is 0 Å². The molecule has 0 atom stereocenters. The normalized spacial score (nSPS) is 13.3. The van der Waals surface area contributed by atoms with Crippen molar-refractivity contribution in [2.45, 2.75) is 5.41 Å². The molecule has 0 radical (unpaired) electrons. The second kappa shape index (κ2) is 13.7. The summed E-state index contributed by atoms with van der Waals surface area (Å²) in [5, 5.41) is 4.98. The van der Waals surface area contributed by atoms with Crippen LogP contribution in [-0.4, -0.2) is 19.5 Å². The van der Waals surface area contributed by atoms with E-state index in [4.69, 9.17) is 15.0 Å². The fourth-order valence-corrected chi connectivity index (χ4v) is 13.7. The maximum absolute atomic E-state index is 5.65. The Morgan fingerprint density at radius 2 is 0.913 bits per heavy atom. The van der Waals surface area contributed by atoms with Crippen LogP contribution in [0.25, 0.3) is 126 Å². The third-order valence-electron chi connectivity index (χ3n) is 15.2. The van der Waals surface area contributed by atoms with Crippen molar-refractivity contribution >= 4 is 53.3 Å². The predicted molar refractivity (Wildman–Crippen MR) is 284 cm³/mol. The first-order valence-corrected chi connectivity index (χ1v) is 24.4. The van der Waals surface area contributed by atoms with Crippen LogP contribution in [0, 0.1) is 0 Å². The molecule has 3 aliphatic rings. The van der Waals surface area contributed by atoms with Gasteiger partial charge in [-0.05, 0) is 103 Å². The van der Waals surface area contributed by atoms with E-state index in [-0.39, 0.29) is 0 Å². The molecular weight excluding hydrogens is 857 g/mol. The van der Waals surface area contributed by atoms with Crippen LogP contribution in [0.5, 0.6) is 0 Å². The van der Waals surface area contributed by atoms with Crippen LogP contribution in [-0.2, 0) is 5.41 Å². The highest BCUT2D eigenvalue weighted by Gasteiger charge is 2.52. The van der Waals surface area contributed by atoms with Gasteiger partial charge < -0.3 is 4.57 Å². The van der Waals surface area contributed by atoms with Crippen LogP contribution >= 0.6 is 11.3 Å². The summed E-state index contributed by atoms with van der Waals surface area (Å²) >= 11 is 1.86. The number of fused-ring (bicyclic) bond motifs is 24. The zero-order chi connectivity index (χ0) is 45.0. The van der Waals surface area contributed by atoms with Crippen molar-refractivity contribution in [3.05, 3.63) is 241 Å². The van der Waals surface area contributed by atoms with Crippen LogP contribution in [0.1, 0.15) is 22.3 Å². The molecule has 13 aromatic rings. The van der Waals surface area contributed by atoms with Gasteiger partial charge in [-0.3, -0.25) is 0 Å². The molecule has 0 saturated carbocycles. The van der Waals surface area contributed by atoms with E-state index in [0.29, 0.717) is 17.5 Å². The average Bonchev–Trinajstić information content (AvgIpc) is 4.15. The van der Waals surface area contributed by atoms with Gasteiger partial charge in [-0.1, -0.05) is 182 Å². The molecule has 3 aromatic heterocycles.